The number of benzene rings is 1. The summed E-state index contributed by atoms with van der Waals surface area (Å²) in [7, 11) is -3.61. The van der Waals surface area contributed by atoms with E-state index in [9.17, 15) is 12.8 Å². The van der Waals surface area contributed by atoms with Crippen LogP contribution in [-0.2, 0) is 16.6 Å². The van der Waals surface area contributed by atoms with E-state index in [1.807, 2.05) is 27.7 Å². The van der Waals surface area contributed by atoms with Crippen LogP contribution in [0.1, 0.15) is 33.3 Å². The second-order valence-corrected chi connectivity index (χ2v) is 6.90. The Labute approximate surface area is 120 Å². The van der Waals surface area contributed by atoms with Gasteiger partial charge in [-0.05, 0) is 37.6 Å². The molecule has 0 radical (unpaired) electrons. The van der Waals surface area contributed by atoms with Gasteiger partial charge in [0.25, 0.3) is 0 Å². The Kier molecular flexibility index (Phi) is 6.10. The van der Waals surface area contributed by atoms with Gasteiger partial charge in [0, 0.05) is 18.2 Å². The van der Waals surface area contributed by atoms with Crippen molar-refractivity contribution in [2.24, 2.45) is 5.92 Å². The van der Waals surface area contributed by atoms with Crippen LogP contribution in [0, 0.1) is 11.7 Å². The van der Waals surface area contributed by atoms with E-state index in [0.29, 0.717) is 18.7 Å². The standard InChI is InChI=1S/C14H23FN2O2S/c1-5-16-9-12-8-13(6-7-14(12)15)20(18,19)17-11(4)10(2)3/h6-8,10-11,16-17H,5,9H2,1-4H3. The first kappa shape index (κ1) is 17.1. The van der Waals surface area contributed by atoms with Crippen LogP contribution in [0.15, 0.2) is 23.1 Å². The van der Waals surface area contributed by atoms with E-state index < -0.39 is 15.8 Å². The van der Waals surface area contributed by atoms with Gasteiger partial charge in [-0.2, -0.15) is 0 Å². The van der Waals surface area contributed by atoms with Crippen molar-refractivity contribution in [3.63, 3.8) is 0 Å². The van der Waals surface area contributed by atoms with Crippen molar-refractivity contribution in [3.05, 3.63) is 29.6 Å². The van der Waals surface area contributed by atoms with Crippen molar-refractivity contribution in [2.45, 2.75) is 45.2 Å². The molecule has 20 heavy (non-hydrogen) atoms. The Bertz CT molecular complexity index is 544. The van der Waals surface area contributed by atoms with Crippen LogP contribution in [0.2, 0.25) is 0 Å². The Morgan fingerprint density at radius 1 is 1.25 bits per heavy atom. The minimum absolute atomic E-state index is 0.0966. The molecule has 1 unspecified atom stereocenters. The maximum atomic E-state index is 13.6. The average Bonchev–Trinajstić information content (AvgIpc) is 2.36. The molecule has 1 atom stereocenters. The summed E-state index contributed by atoms with van der Waals surface area (Å²) in [4.78, 5) is 0.0966. The number of hydrogen-bond donors (Lipinski definition) is 2. The van der Waals surface area contributed by atoms with E-state index in [0.717, 1.165) is 0 Å². The Morgan fingerprint density at radius 3 is 2.45 bits per heavy atom. The molecule has 114 valence electrons. The summed E-state index contributed by atoms with van der Waals surface area (Å²) in [5, 5.41) is 2.99. The normalized spacial score (nSPS) is 13.7. The van der Waals surface area contributed by atoms with Gasteiger partial charge in [-0.1, -0.05) is 20.8 Å². The van der Waals surface area contributed by atoms with E-state index in [1.165, 1.54) is 18.2 Å². The van der Waals surface area contributed by atoms with Crippen molar-refractivity contribution in [3.8, 4) is 0 Å². The largest absolute Gasteiger partial charge is 0.313 e. The van der Waals surface area contributed by atoms with E-state index in [-0.39, 0.29) is 16.9 Å². The highest BCUT2D eigenvalue weighted by Gasteiger charge is 2.20. The van der Waals surface area contributed by atoms with Gasteiger partial charge in [-0.15, -0.1) is 0 Å². The summed E-state index contributed by atoms with van der Waals surface area (Å²) in [6.07, 6.45) is 0. The van der Waals surface area contributed by atoms with Gasteiger partial charge in [-0.3, -0.25) is 0 Å². The Balaban J connectivity index is 3.00. The zero-order valence-electron chi connectivity index (χ0n) is 12.4. The molecule has 2 N–H and O–H groups in total. The minimum Gasteiger partial charge on any atom is -0.313 e. The van der Waals surface area contributed by atoms with Crippen molar-refractivity contribution < 1.29 is 12.8 Å². The molecule has 1 aromatic carbocycles. The molecule has 0 aliphatic heterocycles. The fourth-order valence-corrected chi connectivity index (χ4v) is 3.00. The molecule has 0 spiro atoms. The Hall–Kier alpha value is -0.980. The molecule has 0 bridgehead atoms. The third-order valence-corrected chi connectivity index (χ3v) is 4.79. The lowest BCUT2D eigenvalue weighted by Crippen LogP contribution is -2.36. The van der Waals surface area contributed by atoms with Crippen molar-refractivity contribution in [2.75, 3.05) is 6.54 Å². The van der Waals surface area contributed by atoms with Crippen molar-refractivity contribution in [1.82, 2.24) is 10.0 Å². The molecule has 0 saturated heterocycles. The molecule has 0 aromatic heterocycles. The lowest BCUT2D eigenvalue weighted by Gasteiger charge is -2.18. The van der Waals surface area contributed by atoms with Gasteiger partial charge < -0.3 is 5.32 Å². The first-order valence-corrected chi connectivity index (χ1v) is 8.27. The van der Waals surface area contributed by atoms with E-state index in [1.54, 1.807) is 0 Å². The predicted octanol–water partition coefficient (Wildman–Crippen LogP) is 2.26. The number of halogens is 1. The molecule has 6 heteroatoms. The first-order chi connectivity index (χ1) is 9.27. The van der Waals surface area contributed by atoms with Gasteiger partial charge in [0.15, 0.2) is 0 Å². The number of nitrogens with one attached hydrogen (secondary N) is 2. The zero-order chi connectivity index (χ0) is 15.3. The monoisotopic (exact) mass is 302 g/mol. The van der Waals surface area contributed by atoms with E-state index in [2.05, 4.69) is 10.0 Å². The van der Waals surface area contributed by atoms with E-state index >= 15 is 0 Å². The summed E-state index contributed by atoms with van der Waals surface area (Å²) in [5.41, 5.74) is 0.354. The van der Waals surface area contributed by atoms with Gasteiger partial charge in [0.05, 0.1) is 4.90 Å². The summed E-state index contributed by atoms with van der Waals surface area (Å²) in [5.74, 6) is -0.215. The number of hydrogen-bond acceptors (Lipinski definition) is 3. The molecule has 0 aliphatic carbocycles. The highest BCUT2D eigenvalue weighted by Crippen LogP contribution is 2.16. The molecule has 0 aliphatic rings. The predicted molar refractivity (Wildman–Crippen MR) is 78.4 cm³/mol. The van der Waals surface area contributed by atoms with Crippen LogP contribution >= 0.6 is 0 Å². The molecule has 1 rings (SSSR count). The lowest BCUT2D eigenvalue weighted by molar-refractivity contribution is 0.476. The average molecular weight is 302 g/mol. The van der Waals surface area contributed by atoms with Crippen LogP contribution < -0.4 is 10.0 Å². The number of sulfonamides is 1. The highest BCUT2D eigenvalue weighted by atomic mass is 32.2. The third-order valence-electron chi connectivity index (χ3n) is 3.23. The van der Waals surface area contributed by atoms with Crippen LogP contribution in [0.4, 0.5) is 4.39 Å². The number of rotatable bonds is 7. The molecule has 0 saturated carbocycles. The third kappa shape index (κ3) is 4.54. The highest BCUT2D eigenvalue weighted by molar-refractivity contribution is 7.89. The summed E-state index contributed by atoms with van der Waals surface area (Å²) in [6, 6.07) is 3.69. The fourth-order valence-electron chi connectivity index (χ4n) is 1.56. The summed E-state index contributed by atoms with van der Waals surface area (Å²) < 4.78 is 40.7. The van der Waals surface area contributed by atoms with Crippen LogP contribution in [0.3, 0.4) is 0 Å². The van der Waals surface area contributed by atoms with Crippen LogP contribution in [0.5, 0.6) is 0 Å². The van der Waals surface area contributed by atoms with Crippen molar-refractivity contribution >= 4 is 10.0 Å². The minimum atomic E-state index is -3.61. The first-order valence-electron chi connectivity index (χ1n) is 6.79. The van der Waals surface area contributed by atoms with Gasteiger partial charge in [-0.25, -0.2) is 17.5 Å². The summed E-state index contributed by atoms with van der Waals surface area (Å²) >= 11 is 0. The van der Waals surface area contributed by atoms with Crippen molar-refractivity contribution in [1.29, 1.82) is 0 Å². The van der Waals surface area contributed by atoms with Gasteiger partial charge in [0.1, 0.15) is 5.82 Å². The topological polar surface area (TPSA) is 58.2 Å². The van der Waals surface area contributed by atoms with Gasteiger partial charge in [0.2, 0.25) is 10.0 Å². The molecule has 4 nitrogen and oxygen atoms in total. The van der Waals surface area contributed by atoms with Crippen LogP contribution in [-0.4, -0.2) is 21.0 Å². The molecule has 0 heterocycles. The molecular formula is C14H23FN2O2S. The lowest BCUT2D eigenvalue weighted by atomic mass is 10.1. The SMILES string of the molecule is CCNCc1cc(S(=O)(=O)NC(C)C(C)C)ccc1F. The van der Waals surface area contributed by atoms with Gasteiger partial charge >= 0.3 is 0 Å². The molecule has 0 fully saturated rings. The molecule has 0 amide bonds. The molecular weight excluding hydrogens is 279 g/mol. The summed E-state index contributed by atoms with van der Waals surface area (Å²) in [6.45, 7) is 8.60. The fraction of sp³-hybridized carbons (Fsp3) is 0.571. The zero-order valence-corrected chi connectivity index (χ0v) is 13.2. The second kappa shape index (κ2) is 7.15. The maximum absolute atomic E-state index is 13.6. The quantitative estimate of drug-likeness (QED) is 0.812. The van der Waals surface area contributed by atoms with Crippen LogP contribution in [0.25, 0.3) is 0 Å². The van der Waals surface area contributed by atoms with E-state index in [4.69, 9.17) is 0 Å². The smallest absolute Gasteiger partial charge is 0.240 e. The second-order valence-electron chi connectivity index (χ2n) is 5.19. The maximum Gasteiger partial charge on any atom is 0.240 e. The Morgan fingerprint density at radius 2 is 1.90 bits per heavy atom. The molecule has 1 aromatic rings.